The van der Waals surface area contributed by atoms with E-state index in [1.165, 1.54) is 0 Å². The topological polar surface area (TPSA) is 77.1 Å². The van der Waals surface area contributed by atoms with Crippen molar-refractivity contribution in [2.45, 2.75) is 26.2 Å². The normalized spacial score (nSPS) is 19.0. The average molecular weight is 392 g/mol. The number of hydrogen-bond acceptors (Lipinski definition) is 5. The third-order valence-electron chi connectivity index (χ3n) is 5.04. The lowest BCUT2D eigenvalue weighted by Crippen LogP contribution is -2.37. The summed E-state index contributed by atoms with van der Waals surface area (Å²) in [7, 11) is 4.80. The van der Waals surface area contributed by atoms with Crippen molar-refractivity contribution >= 4 is 11.8 Å². The second kappa shape index (κ2) is 10.3. The first-order chi connectivity index (χ1) is 13.4. The molecule has 156 valence electrons. The van der Waals surface area contributed by atoms with E-state index in [1.807, 2.05) is 32.0 Å². The zero-order valence-corrected chi connectivity index (χ0v) is 17.5. The largest absolute Gasteiger partial charge is 0.497 e. The number of nitrogens with zero attached hydrogens (tertiary/aromatic N) is 1. The predicted octanol–water partition coefficient (Wildman–Crippen LogP) is 2.05. The molecule has 0 aliphatic carbocycles. The van der Waals surface area contributed by atoms with Crippen molar-refractivity contribution in [2.75, 3.05) is 47.6 Å². The molecule has 1 fully saturated rings. The molecule has 1 heterocycles. The molecule has 0 saturated carbocycles. The van der Waals surface area contributed by atoms with Gasteiger partial charge in [0.25, 0.3) is 0 Å². The van der Waals surface area contributed by atoms with Crippen LogP contribution >= 0.6 is 0 Å². The molecule has 28 heavy (non-hydrogen) atoms. The molecule has 1 N–H and O–H groups in total. The fourth-order valence-electron chi connectivity index (χ4n) is 3.60. The van der Waals surface area contributed by atoms with Crippen LogP contribution in [-0.2, 0) is 14.3 Å². The van der Waals surface area contributed by atoms with Gasteiger partial charge in [0, 0.05) is 50.7 Å². The number of rotatable bonds is 9. The number of methoxy groups -OCH3 is 3. The van der Waals surface area contributed by atoms with Gasteiger partial charge in [-0.3, -0.25) is 9.59 Å². The summed E-state index contributed by atoms with van der Waals surface area (Å²) in [6.07, 6.45) is 0.477. The number of carbonyl (C=O) groups excluding carboxylic acids is 2. The highest BCUT2D eigenvalue weighted by molar-refractivity contribution is 5.83. The van der Waals surface area contributed by atoms with Crippen molar-refractivity contribution in [3.63, 3.8) is 0 Å². The van der Waals surface area contributed by atoms with Crippen molar-refractivity contribution < 1.29 is 23.8 Å². The van der Waals surface area contributed by atoms with Gasteiger partial charge in [-0.05, 0) is 12.0 Å². The molecule has 0 aromatic heterocycles. The molecule has 1 aliphatic heterocycles. The van der Waals surface area contributed by atoms with Gasteiger partial charge in [0.15, 0.2) is 0 Å². The minimum atomic E-state index is -0.338. The third-order valence-corrected chi connectivity index (χ3v) is 5.04. The van der Waals surface area contributed by atoms with Crippen LogP contribution < -0.4 is 14.8 Å². The molecule has 1 aromatic carbocycles. The van der Waals surface area contributed by atoms with Crippen LogP contribution in [0, 0.1) is 11.8 Å². The quantitative estimate of drug-likeness (QED) is 0.651. The summed E-state index contributed by atoms with van der Waals surface area (Å²) in [5, 5.41) is 2.92. The molecule has 2 amide bonds. The summed E-state index contributed by atoms with van der Waals surface area (Å²) < 4.78 is 15.8. The number of benzene rings is 1. The Hall–Kier alpha value is -2.28. The molecule has 0 bridgehead atoms. The molecule has 2 atom stereocenters. The molecule has 0 spiro atoms. The first-order valence-electron chi connectivity index (χ1n) is 9.67. The van der Waals surface area contributed by atoms with E-state index < -0.39 is 0 Å². The van der Waals surface area contributed by atoms with Gasteiger partial charge in [-0.2, -0.15) is 0 Å². The summed E-state index contributed by atoms with van der Waals surface area (Å²) in [5.41, 5.74) is 0.912. The van der Waals surface area contributed by atoms with E-state index in [0.29, 0.717) is 44.2 Å². The van der Waals surface area contributed by atoms with Crippen LogP contribution in [0.2, 0.25) is 0 Å². The SMILES string of the molecule is COCCNC(=O)[C@@H]1CN(C(=O)CC(C)C)C[C@H]1c1ccc(OC)cc1OC. The van der Waals surface area contributed by atoms with Gasteiger partial charge < -0.3 is 24.4 Å². The van der Waals surface area contributed by atoms with Crippen molar-refractivity contribution in [1.82, 2.24) is 10.2 Å². The van der Waals surface area contributed by atoms with Gasteiger partial charge in [-0.25, -0.2) is 0 Å². The summed E-state index contributed by atoms with van der Waals surface area (Å²) in [4.78, 5) is 27.3. The van der Waals surface area contributed by atoms with E-state index in [-0.39, 0.29) is 29.6 Å². The van der Waals surface area contributed by atoms with Gasteiger partial charge in [0.2, 0.25) is 11.8 Å². The van der Waals surface area contributed by atoms with Gasteiger partial charge in [0.05, 0.1) is 26.7 Å². The number of amides is 2. The van der Waals surface area contributed by atoms with Gasteiger partial charge in [0.1, 0.15) is 11.5 Å². The van der Waals surface area contributed by atoms with Crippen molar-refractivity contribution in [3.05, 3.63) is 23.8 Å². The second-order valence-electron chi connectivity index (χ2n) is 7.50. The van der Waals surface area contributed by atoms with Crippen molar-refractivity contribution in [3.8, 4) is 11.5 Å². The Morgan fingerprint density at radius 3 is 2.54 bits per heavy atom. The minimum absolute atomic E-state index is 0.0697. The molecule has 7 nitrogen and oxygen atoms in total. The molecular weight excluding hydrogens is 360 g/mol. The molecule has 2 rings (SSSR count). The summed E-state index contributed by atoms with van der Waals surface area (Å²) in [5.74, 6) is 1.16. The summed E-state index contributed by atoms with van der Waals surface area (Å²) >= 11 is 0. The van der Waals surface area contributed by atoms with Crippen molar-refractivity contribution in [1.29, 1.82) is 0 Å². The van der Waals surface area contributed by atoms with Crippen LogP contribution in [0.4, 0.5) is 0 Å². The zero-order chi connectivity index (χ0) is 20.7. The standard InChI is InChI=1S/C21H32N2O5/c1-14(2)10-20(24)23-12-17(18(13-23)21(25)22-8-9-26-3)16-7-6-15(27-4)11-19(16)28-5/h6-7,11,14,17-18H,8-10,12-13H2,1-5H3,(H,22,25)/t17-,18+/m0/s1. The maximum Gasteiger partial charge on any atom is 0.225 e. The fraction of sp³-hybridized carbons (Fsp3) is 0.619. The fourth-order valence-corrected chi connectivity index (χ4v) is 3.60. The molecule has 1 aromatic rings. The highest BCUT2D eigenvalue weighted by atomic mass is 16.5. The first-order valence-corrected chi connectivity index (χ1v) is 9.67. The van der Waals surface area contributed by atoms with Crippen molar-refractivity contribution in [2.24, 2.45) is 11.8 Å². The highest BCUT2D eigenvalue weighted by Crippen LogP contribution is 2.39. The van der Waals surface area contributed by atoms with Gasteiger partial charge in [-0.15, -0.1) is 0 Å². The average Bonchev–Trinajstić information content (AvgIpc) is 3.12. The maximum absolute atomic E-state index is 12.8. The number of hydrogen-bond donors (Lipinski definition) is 1. The highest BCUT2D eigenvalue weighted by Gasteiger charge is 2.41. The van der Waals surface area contributed by atoms with Crippen LogP contribution in [0.3, 0.4) is 0 Å². The van der Waals surface area contributed by atoms with Crippen LogP contribution in [0.1, 0.15) is 31.7 Å². The van der Waals surface area contributed by atoms with Gasteiger partial charge in [-0.1, -0.05) is 19.9 Å². The Morgan fingerprint density at radius 1 is 1.18 bits per heavy atom. The number of nitrogens with one attached hydrogen (secondary N) is 1. The Morgan fingerprint density at radius 2 is 1.93 bits per heavy atom. The first kappa shape index (κ1) is 22.0. The Kier molecular flexibility index (Phi) is 8.11. The smallest absolute Gasteiger partial charge is 0.225 e. The van der Waals surface area contributed by atoms with E-state index in [9.17, 15) is 9.59 Å². The van der Waals surface area contributed by atoms with Crippen LogP contribution in [0.25, 0.3) is 0 Å². The summed E-state index contributed by atoms with van der Waals surface area (Å²) in [6.45, 7) is 5.84. The number of ether oxygens (including phenoxy) is 3. The van der Waals surface area contributed by atoms with E-state index in [0.717, 1.165) is 5.56 Å². The van der Waals surface area contributed by atoms with Gasteiger partial charge >= 0.3 is 0 Å². The molecule has 0 radical (unpaired) electrons. The monoisotopic (exact) mass is 392 g/mol. The number of likely N-dealkylation sites (tertiary alicyclic amines) is 1. The Bertz CT molecular complexity index is 677. The Labute approximate surface area is 167 Å². The van der Waals surface area contributed by atoms with Crippen LogP contribution in [-0.4, -0.2) is 64.3 Å². The van der Waals surface area contributed by atoms with E-state index >= 15 is 0 Å². The maximum atomic E-state index is 12.8. The Balaban J connectivity index is 2.28. The lowest BCUT2D eigenvalue weighted by molar-refractivity contribution is -0.131. The third kappa shape index (κ3) is 5.38. The summed E-state index contributed by atoms with van der Waals surface area (Å²) in [6, 6.07) is 5.60. The molecule has 1 aliphatic rings. The van der Waals surface area contributed by atoms with E-state index in [4.69, 9.17) is 14.2 Å². The van der Waals surface area contributed by atoms with E-state index in [2.05, 4.69) is 5.32 Å². The minimum Gasteiger partial charge on any atom is -0.497 e. The molecular formula is C21H32N2O5. The molecule has 0 unspecified atom stereocenters. The molecule has 7 heteroatoms. The molecule has 1 saturated heterocycles. The van der Waals surface area contributed by atoms with Crippen LogP contribution in [0.15, 0.2) is 18.2 Å². The lowest BCUT2D eigenvalue weighted by Gasteiger charge is -2.21. The lowest BCUT2D eigenvalue weighted by atomic mass is 9.87. The van der Waals surface area contributed by atoms with E-state index in [1.54, 1.807) is 26.2 Å². The predicted molar refractivity (Wildman–Crippen MR) is 107 cm³/mol. The zero-order valence-electron chi connectivity index (χ0n) is 17.5. The number of carbonyl (C=O) groups is 2. The second-order valence-corrected chi connectivity index (χ2v) is 7.50. The van der Waals surface area contributed by atoms with Crippen LogP contribution in [0.5, 0.6) is 11.5 Å².